The maximum Gasteiger partial charge on any atom is 0.352 e. The smallest absolute Gasteiger partial charge is 0.352 e. The van der Waals surface area contributed by atoms with Gasteiger partial charge in [0.15, 0.2) is 11.5 Å². The third-order valence-electron chi connectivity index (χ3n) is 6.23. The first-order valence-corrected chi connectivity index (χ1v) is 12.0. The van der Waals surface area contributed by atoms with Gasteiger partial charge < -0.3 is 10.0 Å². The summed E-state index contributed by atoms with van der Waals surface area (Å²) in [4.78, 5) is 30.5. The quantitative estimate of drug-likeness (QED) is 0.405. The van der Waals surface area contributed by atoms with E-state index in [1.54, 1.807) is 0 Å². The fourth-order valence-corrected chi connectivity index (χ4v) is 4.59. The molecule has 0 radical (unpaired) electrons. The number of carboxylic acids is 1. The van der Waals surface area contributed by atoms with Crippen LogP contribution < -0.4 is 9.91 Å². The fraction of sp³-hybridized carbons (Fsp3) is 0.423. The molecule has 1 N–H and O–H groups in total. The summed E-state index contributed by atoms with van der Waals surface area (Å²) < 4.78 is 43.4. The topological polar surface area (TPSA) is 85.7 Å². The number of carbonyl (C=O) groups is 2. The average Bonchev–Trinajstić information content (AvgIpc) is 3.28. The molecule has 8 nitrogen and oxygen atoms in total. The molecular weight excluding hydrogens is 489 g/mol. The third kappa shape index (κ3) is 6.04. The van der Waals surface area contributed by atoms with Crippen molar-refractivity contribution in [2.45, 2.75) is 45.6 Å². The molecule has 2 aliphatic heterocycles. The summed E-state index contributed by atoms with van der Waals surface area (Å²) in [5.74, 6) is -3.37. The van der Waals surface area contributed by atoms with Gasteiger partial charge >= 0.3 is 5.97 Å². The van der Waals surface area contributed by atoms with Gasteiger partial charge in [-0.3, -0.25) is 9.63 Å². The number of amides is 1. The van der Waals surface area contributed by atoms with Crippen LogP contribution in [0.3, 0.4) is 0 Å². The number of halogens is 3. The van der Waals surface area contributed by atoms with Crippen LogP contribution in [0.15, 0.2) is 35.4 Å². The molecule has 2 aliphatic rings. The van der Waals surface area contributed by atoms with Crippen molar-refractivity contribution >= 4 is 35.2 Å². The van der Waals surface area contributed by atoms with Crippen LogP contribution in [0.1, 0.15) is 39.2 Å². The monoisotopic (exact) mass is 518 g/mol. The number of nitrogens with zero attached hydrogens (tertiary/aromatic N) is 4. The van der Waals surface area contributed by atoms with Gasteiger partial charge in [0.2, 0.25) is 6.41 Å². The Balaban J connectivity index is 1.57. The molecule has 0 spiro atoms. The molecule has 1 atom stereocenters. The highest BCUT2D eigenvalue weighted by Gasteiger charge is 2.31. The van der Waals surface area contributed by atoms with E-state index in [4.69, 9.17) is 4.84 Å². The number of carbonyl (C=O) groups excluding carboxylic acids is 1. The molecule has 1 saturated heterocycles. The number of aliphatic carboxylic acids is 1. The number of hydrazone groups is 1. The molecule has 1 unspecified atom stereocenters. The van der Waals surface area contributed by atoms with Crippen molar-refractivity contribution < 1.29 is 32.7 Å². The van der Waals surface area contributed by atoms with Crippen molar-refractivity contribution in [2.75, 3.05) is 29.5 Å². The predicted octanol–water partition coefficient (Wildman–Crippen LogP) is 4.64. The van der Waals surface area contributed by atoms with Crippen molar-refractivity contribution in [3.05, 3.63) is 53.3 Å². The highest BCUT2D eigenvalue weighted by Crippen LogP contribution is 2.40. The van der Waals surface area contributed by atoms with Crippen LogP contribution in [0.4, 0.5) is 30.2 Å². The Bertz CT molecular complexity index is 1230. The second-order valence-corrected chi connectivity index (χ2v) is 10.2. The fourth-order valence-electron chi connectivity index (χ4n) is 4.59. The van der Waals surface area contributed by atoms with E-state index >= 15 is 4.39 Å². The summed E-state index contributed by atoms with van der Waals surface area (Å²) in [5.41, 5.74) is -0.0167. The maximum absolute atomic E-state index is 15.3. The second kappa shape index (κ2) is 10.4. The van der Waals surface area contributed by atoms with Crippen LogP contribution in [0.5, 0.6) is 0 Å². The van der Waals surface area contributed by atoms with Gasteiger partial charge in [0.1, 0.15) is 17.3 Å². The number of hydroxylamine groups is 2. The summed E-state index contributed by atoms with van der Waals surface area (Å²) in [6, 6.07) is 5.66. The molecule has 4 rings (SSSR count). The second-order valence-electron chi connectivity index (χ2n) is 10.2. The van der Waals surface area contributed by atoms with Gasteiger partial charge in [-0.25, -0.2) is 28.0 Å². The summed E-state index contributed by atoms with van der Waals surface area (Å²) in [6.07, 6.45) is 1.95. The van der Waals surface area contributed by atoms with E-state index in [9.17, 15) is 23.5 Å². The molecule has 2 aromatic rings. The van der Waals surface area contributed by atoms with Crippen LogP contribution in [-0.2, 0) is 20.8 Å². The zero-order chi connectivity index (χ0) is 26.9. The minimum Gasteiger partial charge on any atom is -0.477 e. The Morgan fingerprint density at radius 1 is 1.16 bits per heavy atom. The molecule has 0 aliphatic carbocycles. The number of fused-ring (bicyclic) bond motifs is 1. The lowest BCUT2D eigenvalue weighted by atomic mass is 10.0. The van der Waals surface area contributed by atoms with Crippen LogP contribution in [0, 0.1) is 23.4 Å². The van der Waals surface area contributed by atoms with E-state index in [2.05, 4.69) is 5.10 Å². The molecule has 37 heavy (non-hydrogen) atoms. The van der Waals surface area contributed by atoms with Gasteiger partial charge in [-0.15, -0.1) is 0 Å². The lowest BCUT2D eigenvalue weighted by molar-refractivity contribution is -0.216. The molecule has 0 aromatic heterocycles. The first-order chi connectivity index (χ1) is 17.4. The minimum atomic E-state index is -1.31. The van der Waals surface area contributed by atoms with Gasteiger partial charge in [0, 0.05) is 32.1 Å². The van der Waals surface area contributed by atoms with Gasteiger partial charge in [0.25, 0.3) is 0 Å². The number of carboxylic acid groups (broad SMARTS) is 1. The van der Waals surface area contributed by atoms with Gasteiger partial charge in [-0.2, -0.15) is 5.10 Å². The molecule has 1 amide bonds. The SMILES string of the molecule is CC(C)(C)ON(C=O)CCC1CCN(c2cc3c(cc2F)CC(C(=O)O)=NN3c2ccc(F)cc2F)C1. The van der Waals surface area contributed by atoms with Crippen molar-refractivity contribution in [1.29, 1.82) is 0 Å². The Kier molecular flexibility index (Phi) is 7.44. The van der Waals surface area contributed by atoms with E-state index in [0.29, 0.717) is 49.8 Å². The van der Waals surface area contributed by atoms with Gasteiger partial charge in [-0.05, 0) is 69.4 Å². The highest BCUT2D eigenvalue weighted by atomic mass is 19.1. The molecule has 2 heterocycles. The zero-order valence-corrected chi connectivity index (χ0v) is 20.9. The summed E-state index contributed by atoms with van der Waals surface area (Å²) in [6.45, 7) is 7.05. The molecule has 2 aromatic carbocycles. The number of hydrogen-bond acceptors (Lipinski definition) is 6. The highest BCUT2D eigenvalue weighted by molar-refractivity contribution is 6.37. The minimum absolute atomic E-state index is 0.140. The zero-order valence-electron chi connectivity index (χ0n) is 20.9. The van der Waals surface area contributed by atoms with E-state index in [0.717, 1.165) is 23.6 Å². The van der Waals surface area contributed by atoms with E-state index in [1.165, 1.54) is 17.2 Å². The number of hydrogen-bond donors (Lipinski definition) is 1. The van der Waals surface area contributed by atoms with E-state index < -0.39 is 29.0 Å². The number of benzene rings is 2. The molecule has 1 fully saturated rings. The normalized spacial score (nSPS) is 17.5. The predicted molar refractivity (Wildman–Crippen MR) is 132 cm³/mol. The first kappa shape index (κ1) is 26.5. The van der Waals surface area contributed by atoms with Gasteiger partial charge in [-0.1, -0.05) is 0 Å². The maximum atomic E-state index is 15.3. The Morgan fingerprint density at radius 3 is 2.54 bits per heavy atom. The summed E-state index contributed by atoms with van der Waals surface area (Å²) in [7, 11) is 0. The largest absolute Gasteiger partial charge is 0.477 e. The molecule has 198 valence electrons. The Hall–Kier alpha value is -3.60. The summed E-state index contributed by atoms with van der Waals surface area (Å²) in [5, 5.41) is 15.9. The number of anilines is 3. The lowest BCUT2D eigenvalue weighted by Gasteiger charge is -2.30. The van der Waals surface area contributed by atoms with Crippen molar-refractivity contribution in [3.63, 3.8) is 0 Å². The van der Waals surface area contributed by atoms with Crippen LogP contribution in [0.25, 0.3) is 0 Å². The number of rotatable bonds is 8. The first-order valence-electron chi connectivity index (χ1n) is 12.0. The van der Waals surface area contributed by atoms with Gasteiger partial charge in [0.05, 0.1) is 17.0 Å². The third-order valence-corrected chi connectivity index (χ3v) is 6.23. The average molecular weight is 519 g/mol. The van der Waals surface area contributed by atoms with Crippen molar-refractivity contribution in [1.82, 2.24) is 5.06 Å². The van der Waals surface area contributed by atoms with E-state index in [-0.39, 0.29) is 29.4 Å². The van der Waals surface area contributed by atoms with E-state index in [1.807, 2.05) is 25.7 Å². The van der Waals surface area contributed by atoms with Crippen LogP contribution in [0.2, 0.25) is 0 Å². The molecule has 0 bridgehead atoms. The Labute approximate surface area is 212 Å². The molecular formula is C26H29F3N4O4. The lowest BCUT2D eigenvalue weighted by Crippen LogP contribution is -2.34. The Morgan fingerprint density at radius 2 is 1.89 bits per heavy atom. The van der Waals surface area contributed by atoms with Crippen LogP contribution >= 0.6 is 0 Å². The van der Waals surface area contributed by atoms with Crippen molar-refractivity contribution in [2.24, 2.45) is 11.0 Å². The van der Waals surface area contributed by atoms with Crippen molar-refractivity contribution in [3.8, 4) is 0 Å². The standard InChI is InChI=1S/C26H29F3N4O4/c1-26(2,3)37-32(15-34)9-7-16-6-8-31(14-16)24-13-23-17(10-19(24)28)11-21(25(35)36)30-33(23)22-5-4-18(27)12-20(22)29/h4-5,10,12-13,15-16H,6-9,11,14H2,1-3H3,(H,35,36). The summed E-state index contributed by atoms with van der Waals surface area (Å²) >= 11 is 0. The van der Waals surface area contributed by atoms with Crippen LogP contribution in [-0.4, -0.2) is 53.5 Å². The molecule has 0 saturated carbocycles. The molecule has 11 heteroatoms.